The Hall–Kier alpha value is -1.50. The average Bonchev–Trinajstić information content (AvgIpc) is 2.95. The monoisotopic (exact) mass is 318 g/mol. The van der Waals surface area contributed by atoms with Crippen molar-refractivity contribution in [1.82, 2.24) is 14.5 Å². The number of rotatable bonds is 8. The summed E-state index contributed by atoms with van der Waals surface area (Å²) in [6.07, 6.45) is 7.36. The molecule has 1 aliphatic carbocycles. The van der Waals surface area contributed by atoms with E-state index in [1.165, 1.54) is 29.6 Å². The van der Waals surface area contributed by atoms with Gasteiger partial charge in [-0.05, 0) is 31.2 Å². The minimum Gasteiger partial charge on any atom is -0.384 e. The number of aromatic nitrogens is 3. The molecule has 6 nitrogen and oxygen atoms in total. The number of nitrogens with zero attached hydrogens (tertiary/aromatic N) is 3. The van der Waals surface area contributed by atoms with Gasteiger partial charge in [-0.15, -0.1) is 0 Å². The molecule has 2 heterocycles. The SMILES string of the molecule is COCCc1nc2cnc3c(c2n1CCOCCN)CCCC3. The second-order valence-corrected chi connectivity index (χ2v) is 5.95. The molecule has 3 rings (SSSR count). The summed E-state index contributed by atoms with van der Waals surface area (Å²) in [5.74, 6) is 1.05. The Kier molecular flexibility index (Phi) is 5.59. The largest absolute Gasteiger partial charge is 0.384 e. The van der Waals surface area contributed by atoms with E-state index in [1.807, 2.05) is 6.20 Å². The molecule has 0 aliphatic heterocycles. The van der Waals surface area contributed by atoms with E-state index in [-0.39, 0.29) is 0 Å². The molecule has 0 fully saturated rings. The van der Waals surface area contributed by atoms with Gasteiger partial charge >= 0.3 is 0 Å². The van der Waals surface area contributed by atoms with Crippen LogP contribution in [0.2, 0.25) is 0 Å². The lowest BCUT2D eigenvalue weighted by molar-refractivity contribution is 0.133. The molecule has 0 atom stereocenters. The Labute approximate surface area is 137 Å². The predicted molar refractivity (Wildman–Crippen MR) is 89.6 cm³/mol. The summed E-state index contributed by atoms with van der Waals surface area (Å²) in [5, 5.41) is 0. The van der Waals surface area contributed by atoms with Crippen LogP contribution < -0.4 is 5.73 Å². The second-order valence-electron chi connectivity index (χ2n) is 5.95. The third kappa shape index (κ3) is 3.54. The molecule has 6 heteroatoms. The standard InChI is InChI=1S/C17H26N4O2/c1-22-9-6-16-20-15-12-19-14-5-3-2-4-13(14)17(15)21(16)8-11-23-10-7-18/h12H,2-11,18H2,1H3. The molecule has 2 N–H and O–H groups in total. The molecule has 1 aliphatic rings. The maximum Gasteiger partial charge on any atom is 0.112 e. The van der Waals surface area contributed by atoms with Crippen molar-refractivity contribution in [2.75, 3.05) is 33.5 Å². The summed E-state index contributed by atoms with van der Waals surface area (Å²) < 4.78 is 13.1. The number of imidazole rings is 1. The zero-order chi connectivity index (χ0) is 16.1. The minimum absolute atomic E-state index is 0.556. The number of ether oxygens (including phenoxy) is 2. The second kappa shape index (κ2) is 7.86. The number of hydrogen-bond donors (Lipinski definition) is 1. The molecule has 126 valence electrons. The van der Waals surface area contributed by atoms with E-state index < -0.39 is 0 Å². The zero-order valence-corrected chi connectivity index (χ0v) is 13.9. The highest BCUT2D eigenvalue weighted by atomic mass is 16.5. The number of pyridine rings is 1. The summed E-state index contributed by atoms with van der Waals surface area (Å²) in [4.78, 5) is 9.43. The predicted octanol–water partition coefficient (Wildman–Crippen LogP) is 1.47. The summed E-state index contributed by atoms with van der Waals surface area (Å²) >= 11 is 0. The Morgan fingerprint density at radius 1 is 1.22 bits per heavy atom. The van der Waals surface area contributed by atoms with Crippen molar-refractivity contribution in [1.29, 1.82) is 0 Å². The summed E-state index contributed by atoms with van der Waals surface area (Å²) in [6.45, 7) is 3.27. The average molecular weight is 318 g/mol. The molecule has 0 amide bonds. The van der Waals surface area contributed by atoms with Gasteiger partial charge in [-0.2, -0.15) is 0 Å². The Balaban J connectivity index is 1.96. The molecular weight excluding hydrogens is 292 g/mol. The van der Waals surface area contributed by atoms with Gasteiger partial charge in [0.15, 0.2) is 0 Å². The molecule has 2 aromatic heterocycles. The molecule has 0 bridgehead atoms. The number of hydrogen-bond acceptors (Lipinski definition) is 5. The van der Waals surface area contributed by atoms with Crippen molar-refractivity contribution in [2.24, 2.45) is 5.73 Å². The topological polar surface area (TPSA) is 75.2 Å². The maximum absolute atomic E-state index is 5.59. The smallest absolute Gasteiger partial charge is 0.112 e. The van der Waals surface area contributed by atoms with E-state index in [0.29, 0.717) is 26.4 Å². The van der Waals surface area contributed by atoms with Crippen LogP contribution in [-0.2, 0) is 35.3 Å². The highest BCUT2D eigenvalue weighted by Gasteiger charge is 2.20. The number of aryl methyl sites for hydroxylation is 2. The fourth-order valence-corrected chi connectivity index (χ4v) is 3.32. The molecule has 0 radical (unpaired) electrons. The van der Waals surface area contributed by atoms with E-state index in [1.54, 1.807) is 7.11 Å². The van der Waals surface area contributed by atoms with Gasteiger partial charge in [0.2, 0.25) is 0 Å². The van der Waals surface area contributed by atoms with E-state index in [2.05, 4.69) is 9.55 Å². The highest BCUT2D eigenvalue weighted by Crippen LogP contribution is 2.28. The van der Waals surface area contributed by atoms with Crippen LogP contribution in [0.4, 0.5) is 0 Å². The summed E-state index contributed by atoms with van der Waals surface area (Å²) in [7, 11) is 1.72. The molecular formula is C17H26N4O2. The van der Waals surface area contributed by atoms with Crippen LogP contribution in [-0.4, -0.2) is 48.0 Å². The first-order chi connectivity index (χ1) is 11.3. The number of methoxy groups -OCH3 is 1. The zero-order valence-electron chi connectivity index (χ0n) is 13.9. The van der Waals surface area contributed by atoms with E-state index >= 15 is 0 Å². The molecule has 0 aromatic carbocycles. The van der Waals surface area contributed by atoms with Crippen LogP contribution in [0.1, 0.15) is 29.9 Å². The van der Waals surface area contributed by atoms with Crippen LogP contribution in [0, 0.1) is 0 Å². The number of nitrogens with two attached hydrogens (primary N) is 1. The van der Waals surface area contributed by atoms with Gasteiger partial charge in [0.05, 0.1) is 31.5 Å². The van der Waals surface area contributed by atoms with Crippen molar-refractivity contribution in [2.45, 2.75) is 38.6 Å². The minimum atomic E-state index is 0.556. The molecule has 23 heavy (non-hydrogen) atoms. The lowest BCUT2D eigenvalue weighted by Crippen LogP contribution is -2.16. The van der Waals surface area contributed by atoms with Crippen molar-refractivity contribution < 1.29 is 9.47 Å². The fourth-order valence-electron chi connectivity index (χ4n) is 3.32. The van der Waals surface area contributed by atoms with E-state index in [0.717, 1.165) is 37.1 Å². The van der Waals surface area contributed by atoms with Crippen LogP contribution in [0.15, 0.2) is 6.20 Å². The first-order valence-electron chi connectivity index (χ1n) is 8.47. The van der Waals surface area contributed by atoms with Crippen LogP contribution >= 0.6 is 0 Å². The van der Waals surface area contributed by atoms with E-state index in [9.17, 15) is 0 Å². The van der Waals surface area contributed by atoms with Gasteiger partial charge in [0.1, 0.15) is 11.3 Å². The Bertz CT molecular complexity index is 654. The molecule has 0 unspecified atom stereocenters. The van der Waals surface area contributed by atoms with Gasteiger partial charge < -0.3 is 19.8 Å². The van der Waals surface area contributed by atoms with Crippen LogP contribution in [0.5, 0.6) is 0 Å². The van der Waals surface area contributed by atoms with Gasteiger partial charge in [0, 0.05) is 32.3 Å². The van der Waals surface area contributed by atoms with Crippen molar-refractivity contribution in [3.8, 4) is 0 Å². The maximum atomic E-state index is 5.59. The normalized spacial score (nSPS) is 14.3. The quantitative estimate of drug-likeness (QED) is 0.746. The van der Waals surface area contributed by atoms with Crippen LogP contribution in [0.3, 0.4) is 0 Å². The van der Waals surface area contributed by atoms with Crippen molar-refractivity contribution in [3.63, 3.8) is 0 Å². The van der Waals surface area contributed by atoms with Gasteiger partial charge in [-0.25, -0.2) is 4.98 Å². The molecule has 2 aromatic rings. The van der Waals surface area contributed by atoms with Crippen molar-refractivity contribution in [3.05, 3.63) is 23.3 Å². The lowest BCUT2D eigenvalue weighted by atomic mass is 9.95. The first-order valence-corrected chi connectivity index (χ1v) is 8.47. The third-order valence-electron chi connectivity index (χ3n) is 4.39. The van der Waals surface area contributed by atoms with Gasteiger partial charge in [-0.3, -0.25) is 4.98 Å². The van der Waals surface area contributed by atoms with Crippen LogP contribution in [0.25, 0.3) is 11.0 Å². The molecule has 0 spiro atoms. The first kappa shape index (κ1) is 16.4. The Morgan fingerprint density at radius 3 is 2.91 bits per heavy atom. The summed E-state index contributed by atoms with van der Waals surface area (Å²) in [6, 6.07) is 0. The molecule has 0 saturated heterocycles. The summed E-state index contributed by atoms with van der Waals surface area (Å²) in [5.41, 5.74) is 10.4. The fraction of sp³-hybridized carbons (Fsp3) is 0.647. The van der Waals surface area contributed by atoms with E-state index in [4.69, 9.17) is 20.2 Å². The van der Waals surface area contributed by atoms with Crippen molar-refractivity contribution >= 4 is 11.0 Å². The third-order valence-corrected chi connectivity index (χ3v) is 4.39. The molecule has 0 saturated carbocycles. The van der Waals surface area contributed by atoms with Gasteiger partial charge in [0.25, 0.3) is 0 Å². The number of fused-ring (bicyclic) bond motifs is 3. The highest BCUT2D eigenvalue weighted by molar-refractivity contribution is 5.80. The Morgan fingerprint density at radius 2 is 2.09 bits per heavy atom. The lowest BCUT2D eigenvalue weighted by Gasteiger charge is -2.17. The van der Waals surface area contributed by atoms with Gasteiger partial charge in [-0.1, -0.05) is 0 Å².